The maximum Gasteiger partial charge on any atom is 0.107 e. The molecule has 0 atom stereocenters. The molecule has 0 saturated carbocycles. The van der Waals surface area contributed by atoms with Crippen molar-refractivity contribution in [2.24, 2.45) is 0 Å². The summed E-state index contributed by atoms with van der Waals surface area (Å²) in [5.41, 5.74) is 1.21. The number of rotatable bonds is 8. The second-order valence-electron chi connectivity index (χ2n) is 3.87. The van der Waals surface area contributed by atoms with Crippen molar-refractivity contribution in [3.63, 3.8) is 0 Å². The first-order valence-electron chi connectivity index (χ1n) is 6.16. The van der Waals surface area contributed by atoms with Crippen LogP contribution in [-0.4, -0.2) is 29.5 Å². The summed E-state index contributed by atoms with van der Waals surface area (Å²) in [6.45, 7) is 11.7. The summed E-state index contributed by atoms with van der Waals surface area (Å²) in [4.78, 5) is 7.02. The van der Waals surface area contributed by atoms with Gasteiger partial charge in [-0.15, -0.1) is 11.3 Å². The minimum atomic E-state index is 0.913. The minimum Gasteiger partial charge on any atom is -0.310 e. The molecule has 3 nitrogen and oxygen atoms in total. The van der Waals surface area contributed by atoms with Crippen molar-refractivity contribution in [3.05, 3.63) is 16.1 Å². The van der Waals surface area contributed by atoms with Crippen molar-refractivity contribution in [3.8, 4) is 0 Å². The van der Waals surface area contributed by atoms with Crippen molar-refractivity contribution >= 4 is 11.3 Å². The summed E-state index contributed by atoms with van der Waals surface area (Å²) < 4.78 is 0. The van der Waals surface area contributed by atoms with Crippen LogP contribution in [0, 0.1) is 0 Å². The number of aromatic nitrogens is 1. The van der Waals surface area contributed by atoms with Crippen LogP contribution >= 0.6 is 11.3 Å². The van der Waals surface area contributed by atoms with Gasteiger partial charge in [-0.05, 0) is 26.1 Å². The smallest absolute Gasteiger partial charge is 0.107 e. The molecule has 1 N–H and O–H groups in total. The molecule has 1 aromatic rings. The minimum absolute atomic E-state index is 0.913. The first-order chi connectivity index (χ1) is 7.80. The van der Waals surface area contributed by atoms with Gasteiger partial charge in [0.05, 0.1) is 5.69 Å². The highest BCUT2D eigenvalue weighted by molar-refractivity contribution is 7.09. The number of nitrogens with one attached hydrogen (secondary N) is 1. The fourth-order valence-electron chi connectivity index (χ4n) is 1.55. The summed E-state index contributed by atoms with van der Waals surface area (Å²) in [6, 6.07) is 0. The number of thiazole rings is 1. The van der Waals surface area contributed by atoms with Gasteiger partial charge in [-0.2, -0.15) is 0 Å². The van der Waals surface area contributed by atoms with Gasteiger partial charge in [0.1, 0.15) is 5.01 Å². The standard InChI is InChI=1S/C12H23N3S/c1-4-7-13-8-12-14-11(10-16-12)9-15(5-2)6-3/h10,13H,4-9H2,1-3H3. The lowest BCUT2D eigenvalue weighted by Crippen LogP contribution is -2.22. The third-order valence-corrected chi connectivity index (χ3v) is 3.48. The molecule has 0 aromatic carbocycles. The van der Waals surface area contributed by atoms with E-state index in [1.165, 1.54) is 17.1 Å². The quantitative estimate of drug-likeness (QED) is 0.709. The highest BCUT2D eigenvalue weighted by Crippen LogP contribution is 2.11. The van der Waals surface area contributed by atoms with Gasteiger partial charge in [0.2, 0.25) is 0 Å². The van der Waals surface area contributed by atoms with Crippen LogP contribution in [-0.2, 0) is 13.1 Å². The maximum atomic E-state index is 4.63. The predicted octanol–water partition coefficient (Wildman–Crippen LogP) is 2.48. The molecule has 0 radical (unpaired) electrons. The van der Waals surface area contributed by atoms with Gasteiger partial charge >= 0.3 is 0 Å². The fraction of sp³-hybridized carbons (Fsp3) is 0.750. The first kappa shape index (κ1) is 13.6. The number of hydrogen-bond donors (Lipinski definition) is 1. The van der Waals surface area contributed by atoms with Crippen LogP contribution in [0.15, 0.2) is 5.38 Å². The van der Waals surface area contributed by atoms with E-state index in [1.54, 1.807) is 11.3 Å². The van der Waals surface area contributed by atoms with Gasteiger partial charge in [-0.25, -0.2) is 4.98 Å². The van der Waals surface area contributed by atoms with Gasteiger partial charge in [0.15, 0.2) is 0 Å². The van der Waals surface area contributed by atoms with E-state index in [4.69, 9.17) is 0 Å². The van der Waals surface area contributed by atoms with Crippen LogP contribution in [0.1, 0.15) is 37.9 Å². The van der Waals surface area contributed by atoms with Crippen LogP contribution in [0.2, 0.25) is 0 Å². The Morgan fingerprint density at radius 1 is 1.31 bits per heavy atom. The molecule has 0 amide bonds. The molecular weight excluding hydrogens is 218 g/mol. The van der Waals surface area contributed by atoms with Crippen molar-refractivity contribution in [1.29, 1.82) is 0 Å². The monoisotopic (exact) mass is 241 g/mol. The molecule has 0 spiro atoms. The summed E-state index contributed by atoms with van der Waals surface area (Å²) in [6.07, 6.45) is 1.18. The molecule has 0 aliphatic carbocycles. The zero-order valence-electron chi connectivity index (χ0n) is 10.6. The van der Waals surface area contributed by atoms with E-state index in [1.807, 2.05) is 0 Å². The average molecular weight is 241 g/mol. The van der Waals surface area contributed by atoms with Crippen LogP contribution in [0.25, 0.3) is 0 Å². The highest BCUT2D eigenvalue weighted by atomic mass is 32.1. The second-order valence-corrected chi connectivity index (χ2v) is 4.81. The normalized spacial score (nSPS) is 11.2. The molecule has 1 heterocycles. The van der Waals surface area contributed by atoms with E-state index < -0.39 is 0 Å². The van der Waals surface area contributed by atoms with E-state index in [0.717, 1.165) is 32.7 Å². The molecule has 0 bridgehead atoms. The van der Waals surface area contributed by atoms with E-state index in [0.29, 0.717) is 0 Å². The largest absolute Gasteiger partial charge is 0.310 e. The topological polar surface area (TPSA) is 28.2 Å². The lowest BCUT2D eigenvalue weighted by Gasteiger charge is -2.15. The molecule has 0 saturated heterocycles. The Kier molecular flexibility index (Phi) is 6.61. The summed E-state index contributed by atoms with van der Waals surface area (Å²) in [5, 5.41) is 6.77. The van der Waals surface area contributed by atoms with Crippen molar-refractivity contribution < 1.29 is 0 Å². The third-order valence-electron chi connectivity index (χ3n) is 2.58. The van der Waals surface area contributed by atoms with E-state index >= 15 is 0 Å². The van der Waals surface area contributed by atoms with E-state index in [2.05, 4.69) is 41.4 Å². The zero-order valence-corrected chi connectivity index (χ0v) is 11.4. The molecule has 16 heavy (non-hydrogen) atoms. The molecule has 92 valence electrons. The van der Waals surface area contributed by atoms with Gasteiger partial charge < -0.3 is 5.32 Å². The van der Waals surface area contributed by atoms with Crippen LogP contribution < -0.4 is 5.32 Å². The Labute approximate surface area is 103 Å². The van der Waals surface area contributed by atoms with Crippen molar-refractivity contribution in [1.82, 2.24) is 15.2 Å². The second kappa shape index (κ2) is 7.76. The lowest BCUT2D eigenvalue weighted by atomic mass is 10.4. The zero-order chi connectivity index (χ0) is 11.8. The van der Waals surface area contributed by atoms with Crippen LogP contribution in [0.3, 0.4) is 0 Å². The molecule has 0 aliphatic heterocycles. The molecular formula is C12H23N3S. The molecule has 0 aliphatic rings. The average Bonchev–Trinajstić information content (AvgIpc) is 2.74. The van der Waals surface area contributed by atoms with Gasteiger partial charge in [0, 0.05) is 18.5 Å². The Morgan fingerprint density at radius 3 is 2.69 bits per heavy atom. The van der Waals surface area contributed by atoms with Gasteiger partial charge in [-0.1, -0.05) is 20.8 Å². The summed E-state index contributed by atoms with van der Waals surface area (Å²) in [5.74, 6) is 0. The molecule has 0 unspecified atom stereocenters. The fourth-order valence-corrected chi connectivity index (χ4v) is 2.31. The Balaban J connectivity index is 2.38. The van der Waals surface area contributed by atoms with Crippen molar-refractivity contribution in [2.45, 2.75) is 40.3 Å². The highest BCUT2D eigenvalue weighted by Gasteiger charge is 2.05. The number of hydrogen-bond acceptors (Lipinski definition) is 4. The molecule has 1 aromatic heterocycles. The SMILES string of the molecule is CCCNCc1nc(CN(CC)CC)cs1. The lowest BCUT2D eigenvalue weighted by molar-refractivity contribution is 0.292. The van der Waals surface area contributed by atoms with E-state index in [-0.39, 0.29) is 0 Å². The van der Waals surface area contributed by atoms with Gasteiger partial charge in [-0.3, -0.25) is 4.90 Å². The first-order valence-corrected chi connectivity index (χ1v) is 7.04. The molecule has 0 fully saturated rings. The Bertz CT molecular complexity index is 282. The molecule has 4 heteroatoms. The van der Waals surface area contributed by atoms with Gasteiger partial charge in [0.25, 0.3) is 0 Å². The Hall–Kier alpha value is -0.450. The van der Waals surface area contributed by atoms with Crippen molar-refractivity contribution in [2.75, 3.05) is 19.6 Å². The van der Waals surface area contributed by atoms with Crippen LogP contribution in [0.5, 0.6) is 0 Å². The number of nitrogens with zero attached hydrogens (tertiary/aromatic N) is 2. The molecule has 1 rings (SSSR count). The predicted molar refractivity (Wildman–Crippen MR) is 70.7 cm³/mol. The maximum absolute atomic E-state index is 4.63. The van der Waals surface area contributed by atoms with E-state index in [9.17, 15) is 0 Å². The Morgan fingerprint density at radius 2 is 2.06 bits per heavy atom. The summed E-state index contributed by atoms with van der Waals surface area (Å²) >= 11 is 1.76. The summed E-state index contributed by atoms with van der Waals surface area (Å²) in [7, 11) is 0. The van der Waals surface area contributed by atoms with Crippen LogP contribution in [0.4, 0.5) is 0 Å². The third kappa shape index (κ3) is 4.60.